The van der Waals surface area contributed by atoms with Gasteiger partial charge in [0, 0.05) is 24.8 Å². The standard InChI is InChI=1S/C11H13NO2/c1-2-6-12(5-1)9-3-4-10-11(7-9)14-8-13-10/h3-4,7H,1-2,5-6,8H2. The van der Waals surface area contributed by atoms with Gasteiger partial charge >= 0.3 is 0 Å². The zero-order valence-electron chi connectivity index (χ0n) is 8.03. The molecule has 2 aliphatic rings. The molecule has 3 rings (SSSR count). The fraction of sp³-hybridized carbons (Fsp3) is 0.455. The van der Waals surface area contributed by atoms with Gasteiger partial charge in [-0.3, -0.25) is 0 Å². The van der Waals surface area contributed by atoms with Crippen LogP contribution >= 0.6 is 0 Å². The molecule has 3 heteroatoms. The van der Waals surface area contributed by atoms with Gasteiger partial charge < -0.3 is 14.4 Å². The third kappa shape index (κ3) is 1.20. The fourth-order valence-corrected chi connectivity index (χ4v) is 2.06. The highest BCUT2D eigenvalue weighted by molar-refractivity contribution is 5.57. The van der Waals surface area contributed by atoms with Crippen molar-refractivity contribution in [2.24, 2.45) is 0 Å². The SMILES string of the molecule is c1cc2c(cc1N1CCCC1)OCO2. The third-order valence-electron chi connectivity index (χ3n) is 2.83. The van der Waals surface area contributed by atoms with Crippen LogP contribution in [0.15, 0.2) is 18.2 Å². The minimum atomic E-state index is 0.360. The smallest absolute Gasteiger partial charge is 0.231 e. The van der Waals surface area contributed by atoms with Crippen LogP contribution in [0.4, 0.5) is 5.69 Å². The van der Waals surface area contributed by atoms with Crippen LogP contribution in [0.3, 0.4) is 0 Å². The van der Waals surface area contributed by atoms with Gasteiger partial charge in [0.05, 0.1) is 0 Å². The number of hydrogen-bond acceptors (Lipinski definition) is 3. The normalized spacial score (nSPS) is 19.0. The van der Waals surface area contributed by atoms with E-state index >= 15 is 0 Å². The molecule has 3 nitrogen and oxygen atoms in total. The van der Waals surface area contributed by atoms with E-state index in [1.54, 1.807) is 0 Å². The summed E-state index contributed by atoms with van der Waals surface area (Å²) in [5, 5.41) is 0. The highest BCUT2D eigenvalue weighted by atomic mass is 16.7. The van der Waals surface area contributed by atoms with Crippen LogP contribution in [-0.2, 0) is 0 Å². The van der Waals surface area contributed by atoms with E-state index in [4.69, 9.17) is 9.47 Å². The first-order chi connectivity index (χ1) is 6.93. The summed E-state index contributed by atoms with van der Waals surface area (Å²) < 4.78 is 10.6. The maximum Gasteiger partial charge on any atom is 0.231 e. The molecule has 1 aromatic carbocycles. The summed E-state index contributed by atoms with van der Waals surface area (Å²) in [6.07, 6.45) is 2.60. The van der Waals surface area contributed by atoms with E-state index < -0.39 is 0 Å². The van der Waals surface area contributed by atoms with Crippen molar-refractivity contribution in [1.82, 2.24) is 0 Å². The molecule has 0 aliphatic carbocycles. The van der Waals surface area contributed by atoms with Gasteiger partial charge in [0.2, 0.25) is 6.79 Å². The molecule has 1 aromatic rings. The fourth-order valence-electron chi connectivity index (χ4n) is 2.06. The van der Waals surface area contributed by atoms with Crippen LogP contribution in [0.1, 0.15) is 12.8 Å². The van der Waals surface area contributed by atoms with E-state index in [9.17, 15) is 0 Å². The first-order valence-corrected chi connectivity index (χ1v) is 5.08. The lowest BCUT2D eigenvalue weighted by atomic mass is 10.2. The molecule has 2 heterocycles. The summed E-state index contributed by atoms with van der Waals surface area (Å²) in [6.45, 7) is 2.69. The Morgan fingerprint density at radius 2 is 1.79 bits per heavy atom. The van der Waals surface area contributed by atoms with Crippen LogP contribution in [0, 0.1) is 0 Å². The molecule has 2 aliphatic heterocycles. The summed E-state index contributed by atoms with van der Waals surface area (Å²) in [4.78, 5) is 2.39. The van der Waals surface area contributed by atoms with Crippen LogP contribution in [0.5, 0.6) is 11.5 Å². The Hall–Kier alpha value is -1.38. The lowest BCUT2D eigenvalue weighted by Crippen LogP contribution is -2.17. The Balaban J connectivity index is 1.91. The molecule has 0 radical (unpaired) electrons. The van der Waals surface area contributed by atoms with Crippen LogP contribution in [-0.4, -0.2) is 19.9 Å². The van der Waals surface area contributed by atoms with Gasteiger partial charge in [-0.2, -0.15) is 0 Å². The summed E-state index contributed by atoms with van der Waals surface area (Å²) in [7, 11) is 0. The first kappa shape index (κ1) is 7.97. The lowest BCUT2D eigenvalue weighted by molar-refractivity contribution is 0.174. The van der Waals surface area contributed by atoms with Crippen molar-refractivity contribution in [2.75, 3.05) is 24.8 Å². The van der Waals surface area contributed by atoms with Gasteiger partial charge in [-0.1, -0.05) is 0 Å². The van der Waals surface area contributed by atoms with Crippen molar-refractivity contribution < 1.29 is 9.47 Å². The van der Waals surface area contributed by atoms with Crippen molar-refractivity contribution >= 4 is 5.69 Å². The zero-order valence-corrected chi connectivity index (χ0v) is 8.03. The molecule has 74 valence electrons. The van der Waals surface area contributed by atoms with Crippen molar-refractivity contribution in [3.05, 3.63) is 18.2 Å². The van der Waals surface area contributed by atoms with E-state index in [2.05, 4.69) is 17.0 Å². The van der Waals surface area contributed by atoms with E-state index in [0.29, 0.717) is 6.79 Å². The van der Waals surface area contributed by atoms with Gasteiger partial charge in [0.1, 0.15) is 0 Å². The minimum absolute atomic E-state index is 0.360. The molecule has 1 fully saturated rings. The number of fused-ring (bicyclic) bond motifs is 1. The molecule has 0 atom stereocenters. The molecular weight excluding hydrogens is 178 g/mol. The van der Waals surface area contributed by atoms with E-state index in [0.717, 1.165) is 11.5 Å². The maximum absolute atomic E-state index is 5.35. The Bertz CT molecular complexity index is 345. The average Bonchev–Trinajstić information content (AvgIpc) is 2.88. The molecular formula is C11H13NO2. The highest BCUT2D eigenvalue weighted by Gasteiger charge is 2.17. The second-order valence-corrected chi connectivity index (χ2v) is 3.73. The van der Waals surface area contributed by atoms with Gasteiger partial charge in [0.25, 0.3) is 0 Å². The summed E-state index contributed by atoms with van der Waals surface area (Å²) in [6, 6.07) is 6.18. The molecule has 0 spiro atoms. The summed E-state index contributed by atoms with van der Waals surface area (Å²) in [5.41, 5.74) is 1.26. The Labute approximate surface area is 83.2 Å². The van der Waals surface area contributed by atoms with Gasteiger partial charge in [0.15, 0.2) is 11.5 Å². The van der Waals surface area contributed by atoms with Crippen LogP contribution < -0.4 is 14.4 Å². The molecule has 0 aromatic heterocycles. The number of ether oxygens (including phenoxy) is 2. The van der Waals surface area contributed by atoms with Gasteiger partial charge in [-0.25, -0.2) is 0 Å². The monoisotopic (exact) mass is 191 g/mol. The molecule has 0 bridgehead atoms. The van der Waals surface area contributed by atoms with Crippen molar-refractivity contribution in [1.29, 1.82) is 0 Å². The number of hydrogen-bond donors (Lipinski definition) is 0. The average molecular weight is 191 g/mol. The number of nitrogens with zero attached hydrogens (tertiary/aromatic N) is 1. The van der Waals surface area contributed by atoms with E-state index in [1.807, 2.05) is 6.07 Å². The lowest BCUT2D eigenvalue weighted by Gasteiger charge is -2.17. The molecule has 1 saturated heterocycles. The van der Waals surface area contributed by atoms with Crippen molar-refractivity contribution in [3.8, 4) is 11.5 Å². The number of rotatable bonds is 1. The quantitative estimate of drug-likeness (QED) is 0.677. The van der Waals surface area contributed by atoms with E-state index in [1.165, 1.54) is 31.6 Å². The molecule has 0 saturated carbocycles. The predicted octanol–water partition coefficient (Wildman–Crippen LogP) is 2.02. The summed E-state index contributed by atoms with van der Waals surface area (Å²) in [5.74, 6) is 1.75. The third-order valence-corrected chi connectivity index (χ3v) is 2.83. The first-order valence-electron chi connectivity index (χ1n) is 5.08. The van der Waals surface area contributed by atoms with Crippen molar-refractivity contribution in [2.45, 2.75) is 12.8 Å². The molecule has 0 N–H and O–H groups in total. The van der Waals surface area contributed by atoms with Gasteiger partial charge in [-0.15, -0.1) is 0 Å². The summed E-state index contributed by atoms with van der Waals surface area (Å²) >= 11 is 0. The van der Waals surface area contributed by atoms with Crippen LogP contribution in [0.2, 0.25) is 0 Å². The second kappa shape index (κ2) is 3.08. The highest BCUT2D eigenvalue weighted by Crippen LogP contribution is 2.36. The Morgan fingerprint density at radius 3 is 2.64 bits per heavy atom. The van der Waals surface area contributed by atoms with Crippen LogP contribution in [0.25, 0.3) is 0 Å². The second-order valence-electron chi connectivity index (χ2n) is 3.73. The molecule has 14 heavy (non-hydrogen) atoms. The number of anilines is 1. The molecule has 0 unspecified atom stereocenters. The van der Waals surface area contributed by atoms with Gasteiger partial charge in [-0.05, 0) is 25.0 Å². The zero-order chi connectivity index (χ0) is 9.38. The topological polar surface area (TPSA) is 21.7 Å². The Morgan fingerprint density at radius 1 is 1.00 bits per heavy atom. The Kier molecular flexibility index (Phi) is 1.76. The number of benzene rings is 1. The van der Waals surface area contributed by atoms with E-state index in [-0.39, 0.29) is 0 Å². The largest absolute Gasteiger partial charge is 0.454 e. The minimum Gasteiger partial charge on any atom is -0.454 e. The van der Waals surface area contributed by atoms with Crippen molar-refractivity contribution in [3.63, 3.8) is 0 Å². The predicted molar refractivity (Wildman–Crippen MR) is 54.0 cm³/mol. The molecule has 0 amide bonds. The maximum atomic E-state index is 5.35.